The highest BCUT2D eigenvalue weighted by molar-refractivity contribution is 5.75. The molecule has 0 aromatic carbocycles. The Kier molecular flexibility index (Phi) is 21.4. The van der Waals surface area contributed by atoms with Crippen LogP contribution in [0.2, 0.25) is 0 Å². The molecule has 25 heteroatoms. The van der Waals surface area contributed by atoms with Crippen LogP contribution in [-0.2, 0) is 57.0 Å². The van der Waals surface area contributed by atoms with Crippen molar-refractivity contribution < 1.29 is 123 Å². The highest BCUT2D eigenvalue weighted by Gasteiger charge is 2.54. The average molecular weight is 841 g/mol. The second-order valence-corrected chi connectivity index (χ2v) is 12.9. The molecule has 2 fully saturated rings. The number of aliphatic carboxylic acids is 1. The van der Waals surface area contributed by atoms with Gasteiger partial charge in [-0.3, -0.25) is 4.79 Å². The highest BCUT2D eigenvalue weighted by Crippen LogP contribution is 2.32. The average Bonchev–Trinajstić information content (AvgIpc) is 3.17. The zero-order valence-corrected chi connectivity index (χ0v) is 31.4. The van der Waals surface area contributed by atoms with Crippen molar-refractivity contribution in [2.24, 2.45) is 0 Å². The molecular formula is C32H56O25. The predicted octanol–water partition coefficient (Wildman–Crippen LogP) is -7.49. The Bertz CT molecular complexity index is 1210. The molecule has 0 bridgehead atoms. The fourth-order valence-corrected chi connectivity index (χ4v) is 5.84. The van der Waals surface area contributed by atoms with E-state index in [4.69, 9.17) is 42.6 Å². The molecule has 0 saturated carbocycles. The third-order valence-corrected chi connectivity index (χ3v) is 8.95. The number of hydrogen-bond donors (Lipinski definition) is 13. The fourth-order valence-electron chi connectivity index (χ4n) is 5.84. The summed E-state index contributed by atoms with van der Waals surface area (Å²) in [4.78, 5) is 36.5. The van der Waals surface area contributed by atoms with E-state index in [1.54, 1.807) is 13.8 Å². The van der Waals surface area contributed by atoms with E-state index >= 15 is 0 Å². The first-order valence-electron chi connectivity index (χ1n) is 17.8. The standard InChI is InChI=1S/C32H56O25/c1-5-14(49-4)16(38)19(41)29(47)53-22(12(36)7-8-51-11(3)35)26(55-28(46)13(37)9-33)30(48)54-24-18(40)21(43)32(57-25(24)27(44)45)56-23-15(10-34)52-31(50-6-2)20(42)17(23)39/h12-26,29-34,36-43,47-48H,5-10H2,1-4H3,(H,44,45). The molecule has 0 amide bonds. The van der Waals surface area contributed by atoms with Crippen LogP contribution in [0, 0.1) is 0 Å². The van der Waals surface area contributed by atoms with Gasteiger partial charge in [0.25, 0.3) is 0 Å². The summed E-state index contributed by atoms with van der Waals surface area (Å²) >= 11 is 0. The summed E-state index contributed by atoms with van der Waals surface area (Å²) in [5.41, 5.74) is 0. The molecule has 0 aromatic heterocycles. The van der Waals surface area contributed by atoms with E-state index in [1.807, 2.05) is 0 Å². The van der Waals surface area contributed by atoms with Gasteiger partial charge in [-0.05, 0) is 13.3 Å². The van der Waals surface area contributed by atoms with E-state index in [2.05, 4.69) is 0 Å². The molecule has 13 N–H and O–H groups in total. The van der Waals surface area contributed by atoms with Crippen molar-refractivity contribution in [3.8, 4) is 0 Å². The number of carboxylic acids is 1. The lowest BCUT2D eigenvalue weighted by molar-refractivity contribution is -0.366. The van der Waals surface area contributed by atoms with Crippen LogP contribution in [0.5, 0.6) is 0 Å². The van der Waals surface area contributed by atoms with Crippen LogP contribution in [0.1, 0.15) is 33.6 Å². The topological polar surface area (TPSA) is 397 Å². The Labute approximate surface area is 325 Å². The Balaban J connectivity index is 2.50. The number of aliphatic hydroxyl groups is 12. The number of carbonyl (C=O) groups excluding carboxylic acids is 2. The maximum absolute atomic E-state index is 12.7. The van der Waals surface area contributed by atoms with E-state index < -0.39 is 161 Å². The lowest BCUT2D eigenvalue weighted by Crippen LogP contribution is -2.66. The van der Waals surface area contributed by atoms with Crippen molar-refractivity contribution in [2.75, 3.05) is 33.5 Å². The molecule has 2 rings (SSSR count). The maximum Gasteiger partial charge on any atom is 0.337 e. The predicted molar refractivity (Wildman–Crippen MR) is 178 cm³/mol. The van der Waals surface area contributed by atoms with Crippen molar-refractivity contribution in [2.45, 2.75) is 150 Å². The Hall–Kier alpha value is -2.35. The molecule has 2 aliphatic heterocycles. The monoisotopic (exact) mass is 840 g/mol. The van der Waals surface area contributed by atoms with Gasteiger partial charge in [-0.25, -0.2) is 9.59 Å². The van der Waals surface area contributed by atoms with Gasteiger partial charge in [0.15, 0.2) is 43.5 Å². The molecule has 2 aliphatic rings. The Morgan fingerprint density at radius 3 is 1.93 bits per heavy atom. The number of methoxy groups -OCH3 is 1. The summed E-state index contributed by atoms with van der Waals surface area (Å²) in [5, 5.41) is 137. The third-order valence-electron chi connectivity index (χ3n) is 8.95. The number of rotatable bonds is 24. The molecule has 2 heterocycles. The first kappa shape index (κ1) is 50.8. The van der Waals surface area contributed by atoms with E-state index in [9.17, 15) is 80.8 Å². The van der Waals surface area contributed by atoms with E-state index in [0.29, 0.717) is 0 Å². The number of hydrogen-bond acceptors (Lipinski definition) is 24. The van der Waals surface area contributed by atoms with Crippen LogP contribution in [-0.4, -0.2) is 235 Å². The molecule has 2 saturated heterocycles. The fraction of sp³-hybridized carbons (Fsp3) is 0.906. The van der Waals surface area contributed by atoms with Gasteiger partial charge >= 0.3 is 17.9 Å². The molecule has 25 nitrogen and oxygen atoms in total. The molecule has 0 radical (unpaired) electrons. The number of esters is 2. The SMILES string of the molecule is CCOC1OC(CO)C(OC2OC(C(=O)O)C(OC(O)C(OC(=O)C(O)CO)C(OC(O)C(O)C(O)C(CC)OC)C(O)CCOC(C)=O)C(O)C2O)C(O)C1O. The molecular weight excluding hydrogens is 784 g/mol. The van der Waals surface area contributed by atoms with Gasteiger partial charge in [0.2, 0.25) is 0 Å². The molecule has 0 aliphatic carbocycles. The van der Waals surface area contributed by atoms with Gasteiger partial charge in [0.05, 0.1) is 32.0 Å². The van der Waals surface area contributed by atoms with E-state index in [-0.39, 0.29) is 13.0 Å². The molecule has 57 heavy (non-hydrogen) atoms. The zero-order chi connectivity index (χ0) is 43.3. The second kappa shape index (κ2) is 24.0. The normalized spacial score (nSPS) is 32.8. The van der Waals surface area contributed by atoms with Crippen LogP contribution in [0.15, 0.2) is 0 Å². The van der Waals surface area contributed by atoms with Crippen molar-refractivity contribution >= 4 is 17.9 Å². The minimum absolute atomic E-state index is 0.0178. The summed E-state index contributed by atoms with van der Waals surface area (Å²) in [6.45, 7) is 1.42. The summed E-state index contributed by atoms with van der Waals surface area (Å²) < 4.78 is 46.9. The summed E-state index contributed by atoms with van der Waals surface area (Å²) in [6.07, 6.45) is -40.4. The smallest absolute Gasteiger partial charge is 0.337 e. The number of aliphatic hydroxyl groups excluding tert-OH is 12. The van der Waals surface area contributed by atoms with Crippen LogP contribution < -0.4 is 0 Å². The van der Waals surface area contributed by atoms with Crippen LogP contribution in [0.4, 0.5) is 0 Å². The first-order chi connectivity index (χ1) is 26.8. The van der Waals surface area contributed by atoms with Crippen molar-refractivity contribution in [3.05, 3.63) is 0 Å². The lowest BCUT2D eigenvalue weighted by atomic mass is 9.96. The van der Waals surface area contributed by atoms with Gasteiger partial charge in [-0.2, -0.15) is 0 Å². The summed E-state index contributed by atoms with van der Waals surface area (Å²) in [7, 11) is 1.18. The Morgan fingerprint density at radius 2 is 1.40 bits per heavy atom. The zero-order valence-electron chi connectivity index (χ0n) is 31.4. The van der Waals surface area contributed by atoms with Gasteiger partial charge in [-0.15, -0.1) is 0 Å². The summed E-state index contributed by atoms with van der Waals surface area (Å²) in [5.74, 6) is -4.51. The molecule has 0 spiro atoms. The van der Waals surface area contributed by atoms with Gasteiger partial charge in [0.1, 0.15) is 61.0 Å². The van der Waals surface area contributed by atoms with Gasteiger partial charge in [0, 0.05) is 27.1 Å². The van der Waals surface area contributed by atoms with Gasteiger partial charge < -0.3 is 109 Å². The molecule has 19 unspecified atom stereocenters. The lowest BCUT2D eigenvalue weighted by Gasteiger charge is -2.46. The van der Waals surface area contributed by atoms with Crippen LogP contribution >= 0.6 is 0 Å². The van der Waals surface area contributed by atoms with Crippen molar-refractivity contribution in [1.82, 2.24) is 0 Å². The van der Waals surface area contributed by atoms with Crippen LogP contribution in [0.3, 0.4) is 0 Å². The number of carbonyl (C=O) groups is 3. The number of carboxylic acid groups (broad SMARTS) is 1. The second-order valence-electron chi connectivity index (χ2n) is 12.9. The third kappa shape index (κ3) is 13.6. The highest BCUT2D eigenvalue weighted by atomic mass is 16.8. The Morgan fingerprint density at radius 1 is 0.789 bits per heavy atom. The first-order valence-corrected chi connectivity index (χ1v) is 17.8. The largest absolute Gasteiger partial charge is 0.479 e. The van der Waals surface area contributed by atoms with Crippen LogP contribution in [0.25, 0.3) is 0 Å². The van der Waals surface area contributed by atoms with Gasteiger partial charge in [-0.1, -0.05) is 6.92 Å². The minimum Gasteiger partial charge on any atom is -0.479 e. The number of ether oxygens (including phenoxy) is 9. The van der Waals surface area contributed by atoms with E-state index in [1.165, 1.54) is 7.11 Å². The van der Waals surface area contributed by atoms with E-state index in [0.717, 1.165) is 6.92 Å². The molecule has 334 valence electrons. The molecule has 19 atom stereocenters. The minimum atomic E-state index is -2.81. The maximum atomic E-state index is 12.7. The summed E-state index contributed by atoms with van der Waals surface area (Å²) in [6, 6.07) is 0. The quantitative estimate of drug-likeness (QED) is 0.0317. The van der Waals surface area contributed by atoms with Crippen molar-refractivity contribution in [3.63, 3.8) is 0 Å². The molecule has 0 aromatic rings. The van der Waals surface area contributed by atoms with Crippen molar-refractivity contribution in [1.29, 1.82) is 0 Å².